The van der Waals surface area contributed by atoms with Crippen LogP contribution in [0.25, 0.3) is 0 Å². The average Bonchev–Trinajstić information content (AvgIpc) is 3.39. The van der Waals surface area contributed by atoms with Crippen molar-refractivity contribution in [1.82, 2.24) is 19.7 Å². The number of amides is 1. The van der Waals surface area contributed by atoms with Gasteiger partial charge >= 0.3 is 0 Å². The molecule has 1 saturated carbocycles. The van der Waals surface area contributed by atoms with Gasteiger partial charge in [0.25, 0.3) is 5.91 Å². The molecule has 2 fully saturated rings. The van der Waals surface area contributed by atoms with Gasteiger partial charge < -0.3 is 9.64 Å². The SMILES string of the molecule is Cc1cnn([C@H]2CCCN(C(=O)c3ccc(OCC4CC4)nc3)C2)c1. The molecular weight excluding hydrogens is 316 g/mol. The molecule has 25 heavy (non-hydrogen) atoms. The van der Waals surface area contributed by atoms with Crippen LogP contribution in [0.3, 0.4) is 0 Å². The van der Waals surface area contributed by atoms with E-state index in [9.17, 15) is 4.79 Å². The Morgan fingerprint density at radius 1 is 1.28 bits per heavy atom. The van der Waals surface area contributed by atoms with Gasteiger partial charge in [-0.15, -0.1) is 0 Å². The van der Waals surface area contributed by atoms with Crippen LogP contribution in [-0.4, -0.2) is 45.3 Å². The van der Waals surface area contributed by atoms with Gasteiger partial charge in [0, 0.05) is 31.5 Å². The fourth-order valence-electron chi connectivity index (χ4n) is 3.25. The highest BCUT2D eigenvalue weighted by molar-refractivity contribution is 5.94. The summed E-state index contributed by atoms with van der Waals surface area (Å²) in [6.45, 7) is 4.25. The Morgan fingerprint density at radius 3 is 2.84 bits per heavy atom. The summed E-state index contributed by atoms with van der Waals surface area (Å²) in [5, 5.41) is 4.41. The van der Waals surface area contributed by atoms with Gasteiger partial charge in [-0.3, -0.25) is 9.48 Å². The zero-order valence-electron chi connectivity index (χ0n) is 14.6. The number of piperidine rings is 1. The van der Waals surface area contributed by atoms with Crippen LogP contribution in [-0.2, 0) is 0 Å². The van der Waals surface area contributed by atoms with Gasteiger partial charge in [0.1, 0.15) is 0 Å². The van der Waals surface area contributed by atoms with Crippen molar-refractivity contribution < 1.29 is 9.53 Å². The lowest BCUT2D eigenvalue weighted by atomic mass is 10.0. The number of pyridine rings is 1. The molecule has 1 amide bonds. The van der Waals surface area contributed by atoms with E-state index in [4.69, 9.17) is 4.74 Å². The normalized spacial score (nSPS) is 20.5. The molecule has 2 aromatic rings. The summed E-state index contributed by atoms with van der Waals surface area (Å²) in [5.41, 5.74) is 1.77. The first kappa shape index (κ1) is 16.1. The van der Waals surface area contributed by atoms with Crippen molar-refractivity contribution in [2.75, 3.05) is 19.7 Å². The third-order valence-corrected chi connectivity index (χ3v) is 4.94. The van der Waals surface area contributed by atoms with Crippen molar-refractivity contribution in [1.29, 1.82) is 0 Å². The fourth-order valence-corrected chi connectivity index (χ4v) is 3.25. The maximum absolute atomic E-state index is 12.8. The number of carbonyl (C=O) groups is 1. The molecule has 3 heterocycles. The molecule has 1 saturated heterocycles. The van der Waals surface area contributed by atoms with Crippen molar-refractivity contribution in [2.45, 2.75) is 38.6 Å². The number of aryl methyl sites for hydroxylation is 1. The van der Waals surface area contributed by atoms with Gasteiger partial charge in [0.05, 0.1) is 24.4 Å². The highest BCUT2D eigenvalue weighted by Crippen LogP contribution is 2.29. The third-order valence-electron chi connectivity index (χ3n) is 4.94. The highest BCUT2D eigenvalue weighted by atomic mass is 16.5. The van der Waals surface area contributed by atoms with E-state index in [-0.39, 0.29) is 11.9 Å². The fraction of sp³-hybridized carbons (Fsp3) is 0.526. The van der Waals surface area contributed by atoms with E-state index in [1.165, 1.54) is 12.8 Å². The molecule has 0 N–H and O–H groups in total. The van der Waals surface area contributed by atoms with Gasteiger partial charge in [-0.25, -0.2) is 4.98 Å². The van der Waals surface area contributed by atoms with Crippen molar-refractivity contribution in [3.63, 3.8) is 0 Å². The van der Waals surface area contributed by atoms with Crippen molar-refractivity contribution in [3.05, 3.63) is 41.9 Å². The second-order valence-electron chi connectivity index (χ2n) is 7.18. The number of carbonyl (C=O) groups excluding carboxylic acids is 1. The zero-order chi connectivity index (χ0) is 17.2. The van der Waals surface area contributed by atoms with Gasteiger partial charge in [-0.05, 0) is 50.2 Å². The van der Waals surface area contributed by atoms with E-state index in [2.05, 4.69) is 10.1 Å². The van der Waals surface area contributed by atoms with Crippen molar-refractivity contribution in [2.24, 2.45) is 5.92 Å². The van der Waals surface area contributed by atoms with Crippen LogP contribution >= 0.6 is 0 Å². The molecule has 1 aliphatic carbocycles. The lowest BCUT2D eigenvalue weighted by Gasteiger charge is -2.32. The lowest BCUT2D eigenvalue weighted by Crippen LogP contribution is -2.40. The van der Waals surface area contributed by atoms with E-state index in [0.717, 1.165) is 31.6 Å². The van der Waals surface area contributed by atoms with E-state index in [0.29, 0.717) is 23.9 Å². The third kappa shape index (κ3) is 3.83. The summed E-state index contributed by atoms with van der Waals surface area (Å²) in [6, 6.07) is 3.87. The van der Waals surface area contributed by atoms with Crippen LogP contribution in [0, 0.1) is 12.8 Å². The summed E-state index contributed by atoms with van der Waals surface area (Å²) in [6.07, 6.45) is 10.1. The molecule has 2 aliphatic rings. The molecule has 1 aliphatic heterocycles. The van der Waals surface area contributed by atoms with Crippen LogP contribution in [0.15, 0.2) is 30.7 Å². The Morgan fingerprint density at radius 2 is 2.16 bits per heavy atom. The van der Waals surface area contributed by atoms with Crippen molar-refractivity contribution in [3.8, 4) is 5.88 Å². The van der Waals surface area contributed by atoms with Crippen LogP contribution in [0.2, 0.25) is 0 Å². The Bertz CT molecular complexity index is 736. The Balaban J connectivity index is 1.39. The zero-order valence-corrected chi connectivity index (χ0v) is 14.6. The largest absolute Gasteiger partial charge is 0.477 e. The molecule has 0 unspecified atom stereocenters. The van der Waals surface area contributed by atoms with Crippen LogP contribution in [0.4, 0.5) is 0 Å². The minimum atomic E-state index is 0.0369. The van der Waals surface area contributed by atoms with E-state index < -0.39 is 0 Å². The van der Waals surface area contributed by atoms with Gasteiger partial charge in [0.15, 0.2) is 0 Å². The van der Waals surface area contributed by atoms with Gasteiger partial charge in [-0.1, -0.05) is 0 Å². The molecule has 0 aromatic carbocycles. The summed E-state index contributed by atoms with van der Waals surface area (Å²) in [7, 11) is 0. The summed E-state index contributed by atoms with van der Waals surface area (Å²) in [4.78, 5) is 19.0. The van der Waals surface area contributed by atoms with Gasteiger partial charge in [0.2, 0.25) is 5.88 Å². The number of rotatable bonds is 5. The predicted molar refractivity (Wildman–Crippen MR) is 93.6 cm³/mol. The van der Waals surface area contributed by atoms with E-state index in [1.807, 2.05) is 35.0 Å². The molecule has 6 heteroatoms. The molecule has 0 radical (unpaired) electrons. The minimum Gasteiger partial charge on any atom is -0.477 e. The smallest absolute Gasteiger partial charge is 0.255 e. The second-order valence-corrected chi connectivity index (χ2v) is 7.18. The van der Waals surface area contributed by atoms with E-state index in [1.54, 1.807) is 12.3 Å². The Labute approximate surface area is 147 Å². The maximum Gasteiger partial charge on any atom is 0.255 e. The molecule has 132 valence electrons. The molecule has 2 aromatic heterocycles. The highest BCUT2D eigenvalue weighted by Gasteiger charge is 2.26. The summed E-state index contributed by atoms with van der Waals surface area (Å²) in [5.74, 6) is 1.33. The molecule has 0 bridgehead atoms. The molecule has 1 atom stereocenters. The lowest BCUT2D eigenvalue weighted by molar-refractivity contribution is 0.0672. The first-order valence-electron chi connectivity index (χ1n) is 9.08. The molecular formula is C19H24N4O2. The van der Waals surface area contributed by atoms with Crippen molar-refractivity contribution >= 4 is 5.91 Å². The predicted octanol–water partition coefficient (Wildman–Crippen LogP) is 2.85. The summed E-state index contributed by atoms with van der Waals surface area (Å²) >= 11 is 0. The standard InChI is InChI=1S/C19H24N4O2/c1-14-9-21-23(11-14)17-3-2-8-22(12-17)19(24)16-6-7-18(20-10-16)25-13-15-4-5-15/h6-7,9-11,15,17H,2-5,8,12-13H2,1H3/t17-/m0/s1. The Hall–Kier alpha value is -2.37. The molecule has 4 rings (SSSR count). The number of hydrogen-bond acceptors (Lipinski definition) is 4. The maximum atomic E-state index is 12.8. The van der Waals surface area contributed by atoms with Gasteiger partial charge in [-0.2, -0.15) is 5.10 Å². The van der Waals surface area contributed by atoms with Crippen LogP contribution in [0.1, 0.15) is 47.6 Å². The Kier molecular flexibility index (Phi) is 4.42. The topological polar surface area (TPSA) is 60.2 Å². The first-order valence-corrected chi connectivity index (χ1v) is 9.08. The number of aromatic nitrogens is 3. The summed E-state index contributed by atoms with van der Waals surface area (Å²) < 4.78 is 7.63. The monoisotopic (exact) mass is 340 g/mol. The number of hydrogen-bond donors (Lipinski definition) is 0. The average molecular weight is 340 g/mol. The quantitative estimate of drug-likeness (QED) is 0.840. The number of nitrogens with zero attached hydrogens (tertiary/aromatic N) is 4. The number of ether oxygens (including phenoxy) is 1. The second kappa shape index (κ2) is 6.86. The van der Waals surface area contributed by atoms with Crippen LogP contribution in [0.5, 0.6) is 5.88 Å². The number of likely N-dealkylation sites (tertiary alicyclic amines) is 1. The minimum absolute atomic E-state index is 0.0369. The van der Waals surface area contributed by atoms with E-state index >= 15 is 0 Å². The first-order chi connectivity index (χ1) is 12.2. The molecule has 0 spiro atoms. The molecule has 6 nitrogen and oxygen atoms in total. The van der Waals surface area contributed by atoms with Crippen LogP contribution < -0.4 is 4.74 Å².